The molecule has 0 fully saturated rings. The Balaban J connectivity index is 2.01. The van der Waals surface area contributed by atoms with Gasteiger partial charge < -0.3 is 18.9 Å². The molecule has 0 aliphatic rings. The molecule has 0 aromatic heterocycles. The number of ether oxygens (including phenoxy) is 4. The van der Waals surface area contributed by atoms with Gasteiger partial charge in [0, 0.05) is 23.3 Å². The number of methoxy groups -OCH3 is 4. The number of rotatable bonds is 10. The van der Waals surface area contributed by atoms with E-state index >= 15 is 0 Å². The molecule has 0 aliphatic heterocycles. The van der Waals surface area contributed by atoms with Crippen LogP contribution in [-0.2, 0) is 9.59 Å². The minimum absolute atomic E-state index is 0.232. The molecule has 0 N–H and O–H groups in total. The topological polar surface area (TPSA) is 71.1 Å². The highest BCUT2D eigenvalue weighted by atomic mass is 16.5. The van der Waals surface area contributed by atoms with Gasteiger partial charge in [0.05, 0.1) is 34.9 Å². The van der Waals surface area contributed by atoms with Crippen molar-refractivity contribution in [1.29, 1.82) is 0 Å². The lowest BCUT2D eigenvalue weighted by Gasteiger charge is -2.07. The summed E-state index contributed by atoms with van der Waals surface area (Å²) in [6, 6.07) is 10.5. The molecule has 0 heterocycles. The van der Waals surface area contributed by atoms with E-state index in [1.165, 1.54) is 26.4 Å². The van der Waals surface area contributed by atoms with Gasteiger partial charge in [-0.25, -0.2) is 0 Å². The third kappa shape index (κ3) is 6.24. The average Bonchev–Trinajstić information content (AvgIpc) is 2.75. The van der Waals surface area contributed by atoms with Gasteiger partial charge in [-0.3, -0.25) is 9.59 Å². The molecule has 6 heteroatoms. The highest BCUT2D eigenvalue weighted by Crippen LogP contribution is 2.26. The van der Waals surface area contributed by atoms with E-state index in [1.54, 1.807) is 62.8 Å². The van der Waals surface area contributed by atoms with Crippen molar-refractivity contribution < 1.29 is 28.5 Å². The zero-order valence-corrected chi connectivity index (χ0v) is 16.9. The van der Waals surface area contributed by atoms with Crippen molar-refractivity contribution in [3.8, 4) is 23.0 Å². The van der Waals surface area contributed by atoms with Crippen LogP contribution < -0.4 is 18.9 Å². The van der Waals surface area contributed by atoms with Crippen LogP contribution in [-0.4, -0.2) is 40.0 Å². The quantitative estimate of drug-likeness (QED) is 0.447. The molecular formula is C23H24O6. The van der Waals surface area contributed by atoms with Crippen LogP contribution in [0.25, 0.3) is 12.2 Å². The van der Waals surface area contributed by atoms with Crippen molar-refractivity contribution in [3.05, 3.63) is 59.7 Å². The molecule has 0 saturated carbocycles. The molecule has 0 amide bonds. The van der Waals surface area contributed by atoms with Crippen LogP contribution in [0.5, 0.6) is 23.0 Å². The summed E-state index contributed by atoms with van der Waals surface area (Å²) in [6.07, 6.45) is 5.73. The van der Waals surface area contributed by atoms with Crippen LogP contribution in [0.2, 0.25) is 0 Å². The van der Waals surface area contributed by atoms with E-state index in [2.05, 4.69) is 0 Å². The van der Waals surface area contributed by atoms with Gasteiger partial charge in [0.25, 0.3) is 0 Å². The fraction of sp³-hybridized carbons (Fsp3) is 0.217. The second-order valence-corrected chi connectivity index (χ2v) is 5.99. The summed E-state index contributed by atoms with van der Waals surface area (Å²) < 4.78 is 20.9. The van der Waals surface area contributed by atoms with E-state index in [0.29, 0.717) is 34.1 Å². The number of allylic oxidation sites excluding steroid dienone is 2. The van der Waals surface area contributed by atoms with E-state index in [0.717, 1.165) is 0 Å². The lowest BCUT2D eigenvalue weighted by molar-refractivity contribution is -0.121. The van der Waals surface area contributed by atoms with Crippen molar-refractivity contribution in [2.24, 2.45) is 0 Å². The second kappa shape index (κ2) is 10.7. The number of ketones is 2. The Hall–Kier alpha value is -3.54. The number of benzene rings is 2. The van der Waals surface area contributed by atoms with Crippen molar-refractivity contribution >= 4 is 23.7 Å². The minimum Gasteiger partial charge on any atom is -0.497 e. The molecule has 0 saturated heterocycles. The van der Waals surface area contributed by atoms with Crippen LogP contribution in [0.3, 0.4) is 0 Å². The third-order valence-electron chi connectivity index (χ3n) is 4.13. The molecule has 0 radical (unpaired) electrons. The van der Waals surface area contributed by atoms with Gasteiger partial charge in [-0.15, -0.1) is 0 Å². The van der Waals surface area contributed by atoms with Crippen LogP contribution in [0, 0.1) is 0 Å². The van der Waals surface area contributed by atoms with Crippen molar-refractivity contribution in [3.63, 3.8) is 0 Å². The first-order valence-electron chi connectivity index (χ1n) is 8.86. The van der Waals surface area contributed by atoms with Crippen molar-refractivity contribution in [2.75, 3.05) is 28.4 Å². The van der Waals surface area contributed by atoms with Gasteiger partial charge in [0.2, 0.25) is 0 Å². The van der Waals surface area contributed by atoms with Crippen molar-refractivity contribution in [1.82, 2.24) is 0 Å². The van der Waals surface area contributed by atoms with E-state index in [-0.39, 0.29) is 18.0 Å². The zero-order chi connectivity index (χ0) is 21.2. The predicted octanol–water partition coefficient (Wildman–Crippen LogP) is 3.98. The summed E-state index contributed by atoms with van der Waals surface area (Å²) in [5.74, 6) is 1.84. The molecule has 0 unspecified atom stereocenters. The maximum atomic E-state index is 12.1. The first-order valence-corrected chi connectivity index (χ1v) is 8.86. The minimum atomic E-state index is -0.306. The molecular weight excluding hydrogens is 372 g/mol. The molecule has 2 aromatic rings. The van der Waals surface area contributed by atoms with E-state index in [1.807, 2.05) is 0 Å². The van der Waals surface area contributed by atoms with Gasteiger partial charge in [0.15, 0.2) is 11.6 Å². The SMILES string of the molecule is COc1ccc(C=CC(=O)CC(=O)C=Cc2ccc(OC)cc2OC)c(OC)c1. The first-order chi connectivity index (χ1) is 14.0. The van der Waals surface area contributed by atoms with Crippen LogP contribution in [0.4, 0.5) is 0 Å². The van der Waals surface area contributed by atoms with Gasteiger partial charge >= 0.3 is 0 Å². The summed E-state index contributed by atoms with van der Waals surface area (Å²) in [6.45, 7) is 0. The maximum Gasteiger partial charge on any atom is 0.163 e. The molecule has 0 spiro atoms. The lowest BCUT2D eigenvalue weighted by Crippen LogP contribution is -2.02. The molecule has 2 rings (SSSR count). The predicted molar refractivity (Wildman–Crippen MR) is 112 cm³/mol. The molecule has 0 bridgehead atoms. The Morgan fingerprint density at radius 2 is 1.10 bits per heavy atom. The zero-order valence-electron chi connectivity index (χ0n) is 16.9. The maximum absolute atomic E-state index is 12.1. The lowest BCUT2D eigenvalue weighted by atomic mass is 10.1. The summed E-state index contributed by atoms with van der Waals surface area (Å²) in [7, 11) is 6.20. The monoisotopic (exact) mass is 396 g/mol. The van der Waals surface area contributed by atoms with Crippen LogP contribution in [0.1, 0.15) is 17.5 Å². The number of hydrogen-bond donors (Lipinski definition) is 0. The Morgan fingerprint density at radius 1 is 0.690 bits per heavy atom. The fourth-order valence-corrected chi connectivity index (χ4v) is 2.57. The largest absolute Gasteiger partial charge is 0.497 e. The number of carbonyl (C=O) groups excluding carboxylic acids is 2. The van der Waals surface area contributed by atoms with E-state index < -0.39 is 0 Å². The summed E-state index contributed by atoms with van der Waals surface area (Å²) in [4.78, 5) is 24.2. The normalized spacial score (nSPS) is 10.9. The number of hydrogen-bond acceptors (Lipinski definition) is 6. The molecule has 2 aromatic carbocycles. The molecule has 152 valence electrons. The number of carbonyl (C=O) groups is 2. The summed E-state index contributed by atoms with van der Waals surface area (Å²) in [5, 5.41) is 0. The van der Waals surface area contributed by atoms with Gasteiger partial charge in [0.1, 0.15) is 23.0 Å². The van der Waals surface area contributed by atoms with Crippen molar-refractivity contribution in [2.45, 2.75) is 6.42 Å². The Labute approximate surface area is 170 Å². The van der Waals surface area contributed by atoms with Crippen LogP contribution >= 0.6 is 0 Å². The Kier molecular flexibility index (Phi) is 8.03. The smallest absolute Gasteiger partial charge is 0.163 e. The second-order valence-electron chi connectivity index (χ2n) is 5.99. The summed E-state index contributed by atoms with van der Waals surface area (Å²) in [5.41, 5.74) is 1.43. The molecule has 29 heavy (non-hydrogen) atoms. The highest BCUT2D eigenvalue weighted by Gasteiger charge is 2.07. The van der Waals surface area contributed by atoms with Gasteiger partial charge in [-0.2, -0.15) is 0 Å². The fourth-order valence-electron chi connectivity index (χ4n) is 2.57. The van der Waals surface area contributed by atoms with E-state index in [9.17, 15) is 9.59 Å². The van der Waals surface area contributed by atoms with Gasteiger partial charge in [-0.05, 0) is 48.6 Å². The average molecular weight is 396 g/mol. The standard InChI is InChI=1S/C23H24O6/c1-26-20-11-7-16(22(14-20)28-3)5-9-18(24)13-19(25)10-6-17-8-12-21(27-2)15-23(17)29-4/h5-12,14-15H,13H2,1-4H3. The molecule has 0 aliphatic carbocycles. The highest BCUT2D eigenvalue weighted by molar-refractivity contribution is 6.11. The molecule has 0 atom stereocenters. The van der Waals surface area contributed by atoms with Gasteiger partial charge in [-0.1, -0.05) is 0 Å². The van der Waals surface area contributed by atoms with Crippen LogP contribution in [0.15, 0.2) is 48.6 Å². The van der Waals surface area contributed by atoms with E-state index in [4.69, 9.17) is 18.9 Å². The Morgan fingerprint density at radius 3 is 1.45 bits per heavy atom. The Bertz CT molecular complexity index is 851. The first kappa shape index (κ1) is 21.8. The third-order valence-corrected chi connectivity index (χ3v) is 4.13. The molecule has 6 nitrogen and oxygen atoms in total. The summed E-state index contributed by atoms with van der Waals surface area (Å²) >= 11 is 0.